The third-order valence-electron chi connectivity index (χ3n) is 0.818. The minimum atomic E-state index is -5.37. The van der Waals surface area contributed by atoms with Gasteiger partial charge in [0, 0.05) is 13.6 Å². The SMILES string of the molecule is [2H]C([2H])(C)C([2H])([2H])[Si](C)(C)C([2H])([2H])S(=O)(=O)[O-].[Na+]. The molecular formula is C6H15NaO3SSi. The predicted molar refractivity (Wildman–Crippen MR) is 47.1 cm³/mol. The summed E-state index contributed by atoms with van der Waals surface area (Å²) in [6, 6.07) is 0. The van der Waals surface area contributed by atoms with Crippen LogP contribution in [0.15, 0.2) is 0 Å². The van der Waals surface area contributed by atoms with Crippen molar-refractivity contribution in [3.8, 4) is 0 Å². The molecule has 12 heavy (non-hydrogen) atoms. The largest absolute Gasteiger partial charge is 1.00 e. The van der Waals surface area contributed by atoms with E-state index in [1.807, 2.05) is 0 Å². The van der Waals surface area contributed by atoms with Crippen molar-refractivity contribution in [3.63, 3.8) is 0 Å². The van der Waals surface area contributed by atoms with Crippen molar-refractivity contribution >= 4 is 18.2 Å². The Kier molecular flexibility index (Phi) is 3.17. The van der Waals surface area contributed by atoms with Crippen LogP contribution in [0.25, 0.3) is 0 Å². The fraction of sp³-hybridized carbons (Fsp3) is 1.00. The molecule has 0 atom stereocenters. The van der Waals surface area contributed by atoms with Crippen LogP contribution in [0.2, 0.25) is 19.1 Å². The van der Waals surface area contributed by atoms with E-state index in [2.05, 4.69) is 0 Å². The Labute approximate surface area is 106 Å². The third-order valence-corrected chi connectivity index (χ3v) is 4.73. The molecule has 0 aliphatic rings. The summed E-state index contributed by atoms with van der Waals surface area (Å²) < 4.78 is 77.3. The van der Waals surface area contributed by atoms with Gasteiger partial charge in [0.15, 0.2) is 0 Å². The quantitative estimate of drug-likeness (QED) is 0.418. The van der Waals surface area contributed by atoms with Crippen LogP contribution in [-0.4, -0.2) is 26.4 Å². The van der Waals surface area contributed by atoms with E-state index in [1.165, 1.54) is 0 Å². The monoisotopic (exact) mass is 224 g/mol. The topological polar surface area (TPSA) is 57.2 Å². The summed E-state index contributed by atoms with van der Waals surface area (Å²) in [5.74, 6) is -2.71. The van der Waals surface area contributed by atoms with Crippen LogP contribution in [0.5, 0.6) is 0 Å². The summed E-state index contributed by atoms with van der Waals surface area (Å²) in [5.41, 5.74) is 0. The molecule has 0 heterocycles. The van der Waals surface area contributed by atoms with Crippen LogP contribution in [0, 0.1) is 0 Å². The average Bonchev–Trinajstić information content (AvgIpc) is 1.98. The maximum absolute atomic E-state index is 10.9. The number of rotatable bonds is 4. The van der Waals surface area contributed by atoms with Gasteiger partial charge in [-0.3, -0.25) is 0 Å². The molecule has 0 aromatic rings. The summed E-state index contributed by atoms with van der Waals surface area (Å²) in [4.78, 5) is 0. The van der Waals surface area contributed by atoms with Gasteiger partial charge in [0.25, 0.3) is 0 Å². The normalized spacial score (nSPS) is 23.3. The first-order valence-corrected chi connectivity index (χ1v) is 7.36. The van der Waals surface area contributed by atoms with Crippen LogP contribution in [0.1, 0.15) is 21.5 Å². The first-order chi connectivity index (χ1) is 7.00. The van der Waals surface area contributed by atoms with Crippen LogP contribution in [0.4, 0.5) is 0 Å². The van der Waals surface area contributed by atoms with Gasteiger partial charge < -0.3 is 4.55 Å². The zero-order valence-electron chi connectivity index (χ0n) is 13.6. The van der Waals surface area contributed by atoms with E-state index >= 15 is 0 Å². The molecule has 0 amide bonds. The van der Waals surface area contributed by atoms with Gasteiger partial charge in [0.05, 0.1) is 18.2 Å². The standard InChI is InChI=1S/C6H16O3SSi.Na/c1-4-5-11(2,3)6-10(7,8)9;/h4-6H2,1-3H3,(H,7,8,9);/q;+1/p-1/i4D2,5D2,6D2;. The van der Waals surface area contributed by atoms with Crippen LogP contribution in [0.3, 0.4) is 0 Å². The van der Waals surface area contributed by atoms with Crippen molar-refractivity contribution in [2.45, 2.75) is 32.4 Å². The van der Waals surface area contributed by atoms with Crippen molar-refractivity contribution in [3.05, 3.63) is 0 Å². The minimum absolute atomic E-state index is 0. The van der Waals surface area contributed by atoms with Gasteiger partial charge in [-0.1, -0.05) is 32.4 Å². The van der Waals surface area contributed by atoms with Crippen molar-refractivity contribution in [1.82, 2.24) is 0 Å². The first-order valence-electron chi connectivity index (χ1n) is 5.95. The zero-order valence-corrected chi connectivity index (χ0v) is 11.4. The van der Waals surface area contributed by atoms with Gasteiger partial charge in [-0.25, -0.2) is 8.42 Å². The molecule has 0 bridgehead atoms. The molecule has 6 heteroatoms. The van der Waals surface area contributed by atoms with E-state index in [0.717, 1.165) is 20.0 Å². The molecule has 0 spiro atoms. The Bertz CT molecular complexity index is 404. The molecule has 0 aliphatic carbocycles. The van der Waals surface area contributed by atoms with Crippen molar-refractivity contribution in [2.24, 2.45) is 0 Å². The maximum atomic E-state index is 10.9. The fourth-order valence-electron chi connectivity index (χ4n) is 0.651. The molecule has 0 fully saturated rings. The Morgan fingerprint density at radius 1 is 1.50 bits per heavy atom. The van der Waals surface area contributed by atoms with Crippen molar-refractivity contribution in [1.29, 1.82) is 0 Å². The molecule has 0 rings (SSSR count). The van der Waals surface area contributed by atoms with Gasteiger partial charge in [-0.05, 0) is 0 Å². The first kappa shape index (κ1) is 6.58. The van der Waals surface area contributed by atoms with Crippen LogP contribution >= 0.6 is 0 Å². The summed E-state index contributed by atoms with van der Waals surface area (Å²) in [7, 11) is -9.40. The Morgan fingerprint density at radius 3 is 2.17 bits per heavy atom. The minimum Gasteiger partial charge on any atom is -0.748 e. The molecule has 0 saturated carbocycles. The second kappa shape index (κ2) is 5.77. The second-order valence-electron chi connectivity index (χ2n) is 2.56. The van der Waals surface area contributed by atoms with E-state index < -0.39 is 35.9 Å². The second-order valence-corrected chi connectivity index (χ2v) is 7.78. The van der Waals surface area contributed by atoms with Gasteiger partial charge in [-0.15, -0.1) is 0 Å². The summed E-state index contributed by atoms with van der Waals surface area (Å²) >= 11 is 0. The fourth-order valence-corrected chi connectivity index (χ4v) is 3.98. The molecule has 0 aromatic carbocycles. The maximum Gasteiger partial charge on any atom is 1.00 e. The van der Waals surface area contributed by atoms with Crippen LogP contribution < -0.4 is 29.6 Å². The van der Waals surface area contributed by atoms with Crippen molar-refractivity contribution < 1.29 is 50.8 Å². The summed E-state index contributed by atoms with van der Waals surface area (Å²) in [6.45, 7) is 2.93. The van der Waals surface area contributed by atoms with E-state index in [-0.39, 0.29) is 29.6 Å². The molecular weight excluding hydrogens is 203 g/mol. The molecule has 0 N–H and O–H groups in total. The van der Waals surface area contributed by atoms with Gasteiger partial charge in [0.1, 0.15) is 0 Å². The molecule has 0 aromatic heterocycles. The predicted octanol–water partition coefficient (Wildman–Crippen LogP) is -1.81. The van der Waals surface area contributed by atoms with Gasteiger partial charge in [-0.2, -0.15) is 0 Å². The Morgan fingerprint density at radius 2 is 1.92 bits per heavy atom. The molecule has 3 nitrogen and oxygen atoms in total. The summed E-state index contributed by atoms with van der Waals surface area (Å²) in [6.07, 6.45) is -2.44. The zero-order chi connectivity index (χ0) is 14.5. The molecule has 0 aliphatic heterocycles. The number of hydrogen-bond acceptors (Lipinski definition) is 3. The van der Waals surface area contributed by atoms with Gasteiger partial charge >= 0.3 is 29.6 Å². The van der Waals surface area contributed by atoms with E-state index in [1.54, 1.807) is 0 Å². The van der Waals surface area contributed by atoms with Crippen LogP contribution in [-0.2, 0) is 10.1 Å². The van der Waals surface area contributed by atoms with E-state index in [9.17, 15) is 13.0 Å². The van der Waals surface area contributed by atoms with Gasteiger partial charge in [0.2, 0.25) is 0 Å². The summed E-state index contributed by atoms with van der Waals surface area (Å²) in [5, 5.41) is -3.28. The number of hydrogen-bond donors (Lipinski definition) is 0. The van der Waals surface area contributed by atoms with Crippen molar-refractivity contribution in [2.75, 3.05) is 5.33 Å². The average molecular weight is 224 g/mol. The smallest absolute Gasteiger partial charge is 0.748 e. The molecule has 68 valence electrons. The van der Waals surface area contributed by atoms with E-state index in [0.29, 0.717) is 0 Å². The van der Waals surface area contributed by atoms with E-state index in [4.69, 9.17) is 8.22 Å². The molecule has 0 radical (unpaired) electrons. The Hall–Kier alpha value is 1.13. The molecule has 0 saturated heterocycles. The Balaban J connectivity index is 0. The molecule has 0 unspecified atom stereocenters. The third kappa shape index (κ3) is 9.22.